The number of aromatic amines is 1. The monoisotopic (exact) mass is 201 g/mol. The Balaban J connectivity index is 2.04. The minimum atomic E-state index is -0.111. The number of nitrogens with zero attached hydrogens (tertiary/aromatic N) is 3. The number of rotatable bonds is 2. The second-order valence-electron chi connectivity index (χ2n) is 3.97. The summed E-state index contributed by atoms with van der Waals surface area (Å²) in [5.41, 5.74) is 8.13. The molecule has 1 aliphatic rings. The van der Waals surface area contributed by atoms with Crippen molar-refractivity contribution in [1.82, 2.24) is 20.6 Å². The Labute approximate surface area is 86.7 Å². The Morgan fingerprint density at radius 3 is 2.87 bits per heavy atom. The van der Waals surface area contributed by atoms with E-state index in [-0.39, 0.29) is 5.54 Å². The molecule has 1 heterocycles. The maximum Gasteiger partial charge on any atom is 0.204 e. The van der Waals surface area contributed by atoms with Gasteiger partial charge in [0.1, 0.15) is 0 Å². The fourth-order valence-corrected chi connectivity index (χ4v) is 1.68. The van der Waals surface area contributed by atoms with E-state index in [1.807, 2.05) is 18.2 Å². The summed E-state index contributed by atoms with van der Waals surface area (Å²) >= 11 is 0. The molecule has 0 unspecified atom stereocenters. The summed E-state index contributed by atoms with van der Waals surface area (Å²) in [5, 5.41) is 13.9. The zero-order valence-corrected chi connectivity index (χ0v) is 8.14. The van der Waals surface area contributed by atoms with E-state index in [4.69, 9.17) is 5.73 Å². The molecule has 1 saturated carbocycles. The second kappa shape index (κ2) is 2.87. The largest absolute Gasteiger partial charge is 0.321 e. The Morgan fingerprint density at radius 2 is 2.20 bits per heavy atom. The summed E-state index contributed by atoms with van der Waals surface area (Å²) in [7, 11) is 0. The SMILES string of the molecule is NC1(c2cccc(-c3nn[nH]n3)c2)CC1. The molecule has 0 spiro atoms. The van der Waals surface area contributed by atoms with Crippen molar-refractivity contribution in [1.29, 1.82) is 0 Å². The van der Waals surface area contributed by atoms with Crippen LogP contribution in [0.2, 0.25) is 0 Å². The van der Waals surface area contributed by atoms with Crippen molar-refractivity contribution in [3.63, 3.8) is 0 Å². The molecule has 1 aromatic carbocycles. The summed E-state index contributed by atoms with van der Waals surface area (Å²) < 4.78 is 0. The average molecular weight is 201 g/mol. The average Bonchev–Trinajstić information content (AvgIpc) is 2.84. The smallest absolute Gasteiger partial charge is 0.204 e. The van der Waals surface area contributed by atoms with Gasteiger partial charge in [0.2, 0.25) is 5.82 Å². The number of hydrogen-bond donors (Lipinski definition) is 2. The van der Waals surface area contributed by atoms with Crippen LogP contribution in [0.3, 0.4) is 0 Å². The molecule has 0 aliphatic heterocycles. The van der Waals surface area contributed by atoms with Crippen LogP contribution in [0.15, 0.2) is 24.3 Å². The molecule has 15 heavy (non-hydrogen) atoms. The third-order valence-electron chi connectivity index (χ3n) is 2.83. The van der Waals surface area contributed by atoms with Gasteiger partial charge < -0.3 is 5.73 Å². The first-order chi connectivity index (χ1) is 7.28. The number of aromatic nitrogens is 4. The van der Waals surface area contributed by atoms with E-state index in [1.54, 1.807) is 0 Å². The van der Waals surface area contributed by atoms with E-state index < -0.39 is 0 Å². The molecule has 1 aliphatic carbocycles. The van der Waals surface area contributed by atoms with Crippen molar-refractivity contribution in [2.24, 2.45) is 5.73 Å². The molecule has 0 radical (unpaired) electrons. The quantitative estimate of drug-likeness (QED) is 0.753. The lowest BCUT2D eigenvalue weighted by Crippen LogP contribution is -2.18. The third kappa shape index (κ3) is 1.41. The molecule has 0 atom stereocenters. The lowest BCUT2D eigenvalue weighted by Gasteiger charge is -2.09. The van der Waals surface area contributed by atoms with Gasteiger partial charge in [-0.1, -0.05) is 18.2 Å². The molecule has 3 rings (SSSR count). The Morgan fingerprint density at radius 1 is 1.33 bits per heavy atom. The summed E-state index contributed by atoms with van der Waals surface area (Å²) in [4.78, 5) is 0. The highest BCUT2D eigenvalue weighted by Crippen LogP contribution is 2.43. The lowest BCUT2D eigenvalue weighted by atomic mass is 10.0. The molecule has 5 heteroatoms. The van der Waals surface area contributed by atoms with Crippen LogP contribution in [0.4, 0.5) is 0 Å². The number of hydrogen-bond acceptors (Lipinski definition) is 4. The Bertz CT molecular complexity index is 472. The summed E-state index contributed by atoms with van der Waals surface area (Å²) in [6, 6.07) is 8.03. The fourth-order valence-electron chi connectivity index (χ4n) is 1.68. The fraction of sp³-hybridized carbons (Fsp3) is 0.300. The Kier molecular flexibility index (Phi) is 1.63. The van der Waals surface area contributed by atoms with E-state index >= 15 is 0 Å². The topological polar surface area (TPSA) is 80.5 Å². The maximum absolute atomic E-state index is 6.13. The highest BCUT2D eigenvalue weighted by atomic mass is 15.5. The molecule has 1 aromatic heterocycles. The van der Waals surface area contributed by atoms with Gasteiger partial charge >= 0.3 is 0 Å². The van der Waals surface area contributed by atoms with Crippen molar-refractivity contribution in [3.05, 3.63) is 29.8 Å². The molecule has 0 amide bonds. The third-order valence-corrected chi connectivity index (χ3v) is 2.83. The normalized spacial score (nSPS) is 17.7. The predicted octanol–water partition coefficient (Wildman–Crippen LogP) is 0.814. The van der Waals surface area contributed by atoms with Gasteiger partial charge in [-0.15, -0.1) is 10.2 Å². The van der Waals surface area contributed by atoms with Gasteiger partial charge in [0, 0.05) is 11.1 Å². The van der Waals surface area contributed by atoms with Crippen LogP contribution in [-0.2, 0) is 5.54 Å². The Hall–Kier alpha value is -1.75. The molecule has 0 bridgehead atoms. The van der Waals surface area contributed by atoms with E-state index in [0.29, 0.717) is 5.82 Å². The van der Waals surface area contributed by atoms with E-state index in [2.05, 4.69) is 26.7 Å². The van der Waals surface area contributed by atoms with Gasteiger partial charge in [-0.05, 0) is 29.7 Å². The summed E-state index contributed by atoms with van der Waals surface area (Å²) in [6.07, 6.45) is 2.12. The van der Waals surface area contributed by atoms with Gasteiger partial charge in [-0.2, -0.15) is 5.21 Å². The number of tetrazole rings is 1. The second-order valence-corrected chi connectivity index (χ2v) is 3.97. The van der Waals surface area contributed by atoms with Gasteiger partial charge in [0.05, 0.1) is 0 Å². The number of nitrogens with one attached hydrogen (secondary N) is 1. The van der Waals surface area contributed by atoms with E-state index in [0.717, 1.165) is 24.0 Å². The number of benzene rings is 1. The molecule has 5 nitrogen and oxygen atoms in total. The maximum atomic E-state index is 6.13. The van der Waals surface area contributed by atoms with Gasteiger partial charge in [0.25, 0.3) is 0 Å². The van der Waals surface area contributed by atoms with Crippen LogP contribution in [0.5, 0.6) is 0 Å². The minimum absolute atomic E-state index is 0.111. The standard InChI is InChI=1S/C10H11N5/c11-10(4-5-10)8-3-1-2-7(6-8)9-12-14-15-13-9/h1-3,6H,4-5,11H2,(H,12,13,14,15). The first-order valence-electron chi connectivity index (χ1n) is 4.91. The number of nitrogens with two attached hydrogens (primary N) is 1. The lowest BCUT2D eigenvalue weighted by molar-refractivity contribution is 0.740. The zero-order valence-electron chi connectivity index (χ0n) is 8.14. The van der Waals surface area contributed by atoms with Gasteiger partial charge in [-0.3, -0.25) is 0 Å². The molecule has 76 valence electrons. The summed E-state index contributed by atoms with van der Waals surface area (Å²) in [6.45, 7) is 0. The zero-order chi connectivity index (χ0) is 10.3. The molecule has 2 aromatic rings. The van der Waals surface area contributed by atoms with E-state index in [1.165, 1.54) is 0 Å². The van der Waals surface area contributed by atoms with Crippen molar-refractivity contribution in [2.45, 2.75) is 18.4 Å². The van der Waals surface area contributed by atoms with E-state index in [9.17, 15) is 0 Å². The molecule has 1 fully saturated rings. The van der Waals surface area contributed by atoms with Crippen LogP contribution in [0.25, 0.3) is 11.4 Å². The first-order valence-corrected chi connectivity index (χ1v) is 4.91. The van der Waals surface area contributed by atoms with Crippen molar-refractivity contribution in [2.75, 3.05) is 0 Å². The van der Waals surface area contributed by atoms with Crippen molar-refractivity contribution in [3.8, 4) is 11.4 Å². The van der Waals surface area contributed by atoms with Crippen LogP contribution >= 0.6 is 0 Å². The summed E-state index contributed by atoms with van der Waals surface area (Å²) in [5.74, 6) is 0.612. The van der Waals surface area contributed by atoms with Crippen LogP contribution in [-0.4, -0.2) is 20.6 Å². The van der Waals surface area contributed by atoms with Crippen LogP contribution in [0, 0.1) is 0 Å². The van der Waals surface area contributed by atoms with Gasteiger partial charge in [-0.25, -0.2) is 0 Å². The first kappa shape index (κ1) is 8.55. The highest BCUT2D eigenvalue weighted by molar-refractivity contribution is 5.56. The molecule has 3 N–H and O–H groups in total. The van der Waals surface area contributed by atoms with Crippen LogP contribution < -0.4 is 5.73 Å². The predicted molar refractivity (Wildman–Crippen MR) is 54.7 cm³/mol. The van der Waals surface area contributed by atoms with Crippen molar-refractivity contribution < 1.29 is 0 Å². The van der Waals surface area contributed by atoms with Crippen molar-refractivity contribution >= 4 is 0 Å². The molecule has 0 saturated heterocycles. The van der Waals surface area contributed by atoms with Crippen LogP contribution in [0.1, 0.15) is 18.4 Å². The molecular formula is C10H11N5. The van der Waals surface area contributed by atoms with Gasteiger partial charge in [0.15, 0.2) is 0 Å². The minimum Gasteiger partial charge on any atom is -0.321 e. The highest BCUT2D eigenvalue weighted by Gasteiger charge is 2.39. The number of H-pyrrole nitrogens is 1. The molecular weight excluding hydrogens is 190 g/mol.